The summed E-state index contributed by atoms with van der Waals surface area (Å²) in [6, 6.07) is 3.38. The van der Waals surface area contributed by atoms with Crippen molar-refractivity contribution in [3.63, 3.8) is 0 Å². The highest BCUT2D eigenvalue weighted by molar-refractivity contribution is 6.00. The van der Waals surface area contributed by atoms with Gasteiger partial charge in [0.15, 0.2) is 0 Å². The number of hydrogen-bond acceptors (Lipinski definition) is 3. The van der Waals surface area contributed by atoms with Crippen LogP contribution >= 0.6 is 0 Å². The maximum atomic E-state index is 14.3. The van der Waals surface area contributed by atoms with Crippen LogP contribution in [0, 0.1) is 5.82 Å². The summed E-state index contributed by atoms with van der Waals surface area (Å²) in [6.45, 7) is 3.96. The minimum Gasteiger partial charge on any atom is -0.379 e. The lowest BCUT2D eigenvalue weighted by Crippen LogP contribution is -2.46. The zero-order valence-electron chi connectivity index (χ0n) is 14.1. The van der Waals surface area contributed by atoms with Crippen molar-refractivity contribution in [1.82, 2.24) is 9.88 Å². The molecule has 2 heterocycles. The molecule has 0 saturated carbocycles. The number of rotatable bonds is 3. The van der Waals surface area contributed by atoms with Gasteiger partial charge in [0, 0.05) is 35.7 Å². The largest absolute Gasteiger partial charge is 0.417 e. The Labute approximate surface area is 147 Å². The Morgan fingerprint density at radius 2 is 2.04 bits per heavy atom. The highest BCUT2D eigenvalue weighted by atomic mass is 19.4. The van der Waals surface area contributed by atoms with Crippen molar-refractivity contribution < 1.29 is 22.0 Å². The number of allylic oxidation sites excluding steroid dienone is 1. The van der Waals surface area contributed by atoms with Crippen LogP contribution in [-0.2, 0) is 0 Å². The van der Waals surface area contributed by atoms with E-state index >= 15 is 0 Å². The number of likely N-dealkylation sites (tertiary alicyclic amines) is 1. The fourth-order valence-corrected chi connectivity index (χ4v) is 3.17. The predicted octanol–water partition coefficient (Wildman–Crippen LogP) is 4.40. The van der Waals surface area contributed by atoms with Crippen molar-refractivity contribution in [3.05, 3.63) is 42.5 Å². The van der Waals surface area contributed by atoms with Crippen LogP contribution < -0.4 is 5.32 Å². The monoisotopic (exact) mass is 371 g/mol. The summed E-state index contributed by atoms with van der Waals surface area (Å²) in [7, 11) is 1.82. The standard InChI is InChI=1S/C18H18F5N3/c1-10(18(21,22)23)17-16-11(5-7-24-17)14(4-3-12(16)19)25-15-6-8-26(2)9-13(15)20/h3-5,7,13,15,25H,1,6,8-9H2,2H3/t13-,15+/m0/s1. The molecule has 1 fully saturated rings. The third-order valence-corrected chi connectivity index (χ3v) is 4.59. The number of hydrogen-bond donors (Lipinski definition) is 1. The molecule has 8 heteroatoms. The summed E-state index contributed by atoms with van der Waals surface area (Å²) in [4.78, 5) is 5.54. The maximum absolute atomic E-state index is 14.3. The molecule has 1 N–H and O–H groups in total. The third-order valence-electron chi connectivity index (χ3n) is 4.59. The van der Waals surface area contributed by atoms with Gasteiger partial charge in [-0.25, -0.2) is 8.78 Å². The Hall–Kier alpha value is -2.22. The molecule has 0 spiro atoms. The van der Waals surface area contributed by atoms with Crippen molar-refractivity contribution in [2.45, 2.75) is 24.8 Å². The van der Waals surface area contributed by atoms with E-state index in [0.29, 0.717) is 18.7 Å². The Morgan fingerprint density at radius 3 is 2.69 bits per heavy atom. The van der Waals surface area contributed by atoms with Gasteiger partial charge in [-0.1, -0.05) is 6.58 Å². The van der Waals surface area contributed by atoms with Crippen molar-refractivity contribution in [2.24, 2.45) is 0 Å². The molecule has 2 atom stereocenters. The van der Waals surface area contributed by atoms with E-state index in [1.165, 1.54) is 18.3 Å². The third kappa shape index (κ3) is 3.51. The van der Waals surface area contributed by atoms with Gasteiger partial charge in [-0.3, -0.25) is 4.98 Å². The number of alkyl halides is 4. The first-order chi connectivity index (χ1) is 12.2. The Bertz CT molecular complexity index is 833. The lowest BCUT2D eigenvalue weighted by Gasteiger charge is -2.33. The molecule has 26 heavy (non-hydrogen) atoms. The van der Waals surface area contributed by atoms with Crippen molar-refractivity contribution in [3.8, 4) is 0 Å². The molecule has 1 saturated heterocycles. The van der Waals surface area contributed by atoms with Crippen LogP contribution in [0.4, 0.5) is 27.6 Å². The van der Waals surface area contributed by atoms with Gasteiger partial charge in [0.25, 0.3) is 0 Å². The van der Waals surface area contributed by atoms with Crippen molar-refractivity contribution in [1.29, 1.82) is 0 Å². The molecule has 0 aliphatic carbocycles. The zero-order chi connectivity index (χ0) is 19.1. The summed E-state index contributed by atoms with van der Waals surface area (Å²) in [5, 5.41) is 2.96. The van der Waals surface area contributed by atoms with E-state index in [4.69, 9.17) is 0 Å². The number of pyridine rings is 1. The van der Waals surface area contributed by atoms with Crippen LogP contribution in [0.15, 0.2) is 31.0 Å². The quantitative estimate of drug-likeness (QED) is 0.811. The molecular weight excluding hydrogens is 353 g/mol. The van der Waals surface area contributed by atoms with Gasteiger partial charge in [-0.15, -0.1) is 0 Å². The SMILES string of the molecule is C=C(c1nccc2c(N[C@@H]3CCN(C)C[C@@H]3F)ccc(F)c12)C(F)(F)F. The first-order valence-electron chi connectivity index (χ1n) is 8.11. The molecule has 1 aromatic carbocycles. The molecule has 0 unspecified atom stereocenters. The number of aromatic nitrogens is 1. The number of nitrogens with zero attached hydrogens (tertiary/aromatic N) is 2. The zero-order valence-corrected chi connectivity index (χ0v) is 14.1. The van der Waals surface area contributed by atoms with Gasteiger partial charge in [0.05, 0.1) is 17.3 Å². The van der Waals surface area contributed by atoms with E-state index in [-0.39, 0.29) is 17.3 Å². The van der Waals surface area contributed by atoms with Crippen LogP contribution in [0.25, 0.3) is 16.3 Å². The lowest BCUT2D eigenvalue weighted by atomic mass is 10.00. The van der Waals surface area contributed by atoms with Gasteiger partial charge in [0.1, 0.15) is 12.0 Å². The van der Waals surface area contributed by atoms with Crippen molar-refractivity contribution >= 4 is 22.0 Å². The highest BCUT2D eigenvalue weighted by Crippen LogP contribution is 2.37. The maximum Gasteiger partial charge on any atom is 0.417 e. The molecular formula is C18H18F5N3. The highest BCUT2D eigenvalue weighted by Gasteiger charge is 2.35. The van der Waals surface area contributed by atoms with Crippen LogP contribution in [0.2, 0.25) is 0 Å². The normalized spacial score (nSPS) is 21.8. The van der Waals surface area contributed by atoms with Crippen LogP contribution in [-0.4, -0.2) is 48.4 Å². The van der Waals surface area contributed by atoms with Crippen LogP contribution in [0.1, 0.15) is 12.1 Å². The fraction of sp³-hybridized carbons (Fsp3) is 0.389. The number of fused-ring (bicyclic) bond motifs is 1. The van der Waals surface area contributed by atoms with Crippen LogP contribution in [0.5, 0.6) is 0 Å². The Balaban J connectivity index is 2.03. The average Bonchev–Trinajstić information content (AvgIpc) is 2.57. The molecule has 2 aromatic rings. The first-order valence-corrected chi connectivity index (χ1v) is 8.11. The fourth-order valence-electron chi connectivity index (χ4n) is 3.17. The van der Waals surface area contributed by atoms with E-state index in [2.05, 4.69) is 16.9 Å². The average molecular weight is 371 g/mol. The summed E-state index contributed by atoms with van der Waals surface area (Å²) in [5.74, 6) is -0.834. The molecule has 0 bridgehead atoms. The van der Waals surface area contributed by atoms with Crippen molar-refractivity contribution in [2.75, 3.05) is 25.5 Å². The second-order valence-electron chi connectivity index (χ2n) is 6.47. The summed E-state index contributed by atoms with van der Waals surface area (Å²) in [6.07, 6.45) is -4.17. The van der Waals surface area contributed by atoms with E-state index in [0.717, 1.165) is 6.07 Å². The predicted molar refractivity (Wildman–Crippen MR) is 91.2 cm³/mol. The second-order valence-corrected chi connectivity index (χ2v) is 6.47. The van der Waals surface area contributed by atoms with E-state index < -0.39 is 35.5 Å². The molecule has 0 radical (unpaired) electrons. The topological polar surface area (TPSA) is 28.2 Å². The number of anilines is 1. The molecule has 3 nitrogen and oxygen atoms in total. The molecule has 140 valence electrons. The number of benzene rings is 1. The van der Waals surface area contributed by atoms with E-state index in [1.54, 1.807) is 0 Å². The summed E-state index contributed by atoms with van der Waals surface area (Å²) < 4.78 is 67.7. The van der Waals surface area contributed by atoms with Gasteiger partial charge in [-0.05, 0) is 31.7 Å². The van der Waals surface area contributed by atoms with Gasteiger partial charge in [-0.2, -0.15) is 13.2 Å². The van der Waals surface area contributed by atoms with Gasteiger partial charge >= 0.3 is 6.18 Å². The van der Waals surface area contributed by atoms with E-state index in [1.807, 2.05) is 11.9 Å². The second kappa shape index (κ2) is 6.83. The molecule has 3 rings (SSSR count). The first kappa shape index (κ1) is 18.6. The summed E-state index contributed by atoms with van der Waals surface area (Å²) in [5.41, 5.74) is -1.41. The number of piperidine rings is 1. The van der Waals surface area contributed by atoms with Crippen LogP contribution in [0.3, 0.4) is 0 Å². The Morgan fingerprint density at radius 1 is 1.31 bits per heavy atom. The lowest BCUT2D eigenvalue weighted by molar-refractivity contribution is -0.0688. The molecule has 0 amide bonds. The Kier molecular flexibility index (Phi) is 4.88. The minimum atomic E-state index is -4.73. The molecule has 1 aromatic heterocycles. The number of halogens is 5. The molecule has 1 aliphatic heterocycles. The summed E-state index contributed by atoms with van der Waals surface area (Å²) >= 11 is 0. The van der Waals surface area contributed by atoms with Gasteiger partial charge < -0.3 is 10.2 Å². The van der Waals surface area contributed by atoms with E-state index in [9.17, 15) is 22.0 Å². The minimum absolute atomic E-state index is 0.214. The number of nitrogens with one attached hydrogen (secondary N) is 1. The molecule has 1 aliphatic rings. The smallest absolute Gasteiger partial charge is 0.379 e. The van der Waals surface area contributed by atoms with Gasteiger partial charge in [0.2, 0.25) is 0 Å².